The fraction of sp³-hybridized carbons (Fsp3) is 0.0370. The molecule has 2 nitrogen and oxygen atoms in total. The molecule has 0 atom stereocenters. The molecule has 0 aliphatic heterocycles. The molecule has 0 bridgehead atoms. The monoisotopic (exact) mass is 724 g/mol. The minimum absolute atomic E-state index is 0.928. The van der Waals surface area contributed by atoms with Crippen LogP contribution in [0.3, 0.4) is 0 Å². The predicted octanol–water partition coefficient (Wildman–Crippen LogP) is 14.8. The molecule has 0 N–H and O–H groups in total. The van der Waals surface area contributed by atoms with Crippen LogP contribution in [0.25, 0.3) is 22.3 Å². The minimum atomic E-state index is 0.928. The van der Waals surface area contributed by atoms with Crippen molar-refractivity contribution in [3.05, 3.63) is 273 Å². The number of rotatable bonds is 16. The number of benzene rings is 5. The van der Waals surface area contributed by atoms with E-state index in [9.17, 15) is 0 Å². The van der Waals surface area contributed by atoms with Gasteiger partial charge in [-0.05, 0) is 107 Å². The molecule has 1 aliphatic carbocycles. The molecule has 0 saturated carbocycles. The van der Waals surface area contributed by atoms with Crippen LogP contribution in [0.2, 0.25) is 0 Å². The number of hydrogen-bond acceptors (Lipinski definition) is 2. The average molecular weight is 725 g/mol. The summed E-state index contributed by atoms with van der Waals surface area (Å²) in [6.45, 7) is 14.2. The van der Waals surface area contributed by atoms with Gasteiger partial charge < -0.3 is 9.80 Å². The van der Waals surface area contributed by atoms with E-state index in [0.29, 0.717) is 0 Å². The Balaban J connectivity index is 1.40. The predicted molar refractivity (Wildman–Crippen MR) is 244 cm³/mol. The SMILES string of the molecule is C=C\C=C/C(=C\C(\C=C/N(C(=C/C=C)/C(=C\C)N(c1ccccc1)c1ccc(-c2ccc(-c3ccccc3)cc2)cc1)c1ccccc1)=C\C=C)C1=CCC=C1. The van der Waals surface area contributed by atoms with E-state index < -0.39 is 0 Å². The smallest absolute Gasteiger partial charge is 0.0693 e. The number of anilines is 3. The van der Waals surface area contributed by atoms with E-state index in [1.54, 1.807) is 6.08 Å². The first kappa shape index (κ1) is 38.6. The molecule has 0 amide bonds. The van der Waals surface area contributed by atoms with Gasteiger partial charge in [0.25, 0.3) is 0 Å². The van der Waals surface area contributed by atoms with E-state index in [1.165, 1.54) is 22.3 Å². The van der Waals surface area contributed by atoms with E-state index in [2.05, 4.69) is 219 Å². The zero-order chi connectivity index (χ0) is 39.0. The summed E-state index contributed by atoms with van der Waals surface area (Å²) >= 11 is 0. The third kappa shape index (κ3) is 9.68. The molecular formula is C54H48N2. The molecule has 0 unspecified atom stereocenters. The third-order valence-electron chi connectivity index (χ3n) is 9.38. The molecule has 0 aromatic heterocycles. The van der Waals surface area contributed by atoms with Crippen molar-refractivity contribution in [3.8, 4) is 22.3 Å². The average Bonchev–Trinajstić information content (AvgIpc) is 3.80. The lowest BCUT2D eigenvalue weighted by molar-refractivity contribution is 1.08. The quantitative estimate of drug-likeness (QED) is 0.0935. The molecule has 0 radical (unpaired) electrons. The minimum Gasteiger partial charge on any atom is -0.315 e. The van der Waals surface area contributed by atoms with Gasteiger partial charge in [0.15, 0.2) is 0 Å². The molecule has 5 aromatic rings. The first-order valence-electron chi connectivity index (χ1n) is 19.0. The summed E-state index contributed by atoms with van der Waals surface area (Å²) in [5.41, 5.74) is 13.0. The fourth-order valence-electron chi connectivity index (χ4n) is 6.68. The number of hydrogen-bond donors (Lipinski definition) is 0. The Morgan fingerprint density at radius 2 is 1.09 bits per heavy atom. The lowest BCUT2D eigenvalue weighted by Gasteiger charge is -2.34. The molecule has 274 valence electrons. The summed E-state index contributed by atoms with van der Waals surface area (Å²) in [5.74, 6) is 0. The van der Waals surface area contributed by atoms with Gasteiger partial charge in [0.05, 0.1) is 11.4 Å². The van der Waals surface area contributed by atoms with Crippen molar-refractivity contribution in [1.29, 1.82) is 0 Å². The number of allylic oxidation sites excluding steroid dienone is 16. The van der Waals surface area contributed by atoms with Gasteiger partial charge in [-0.25, -0.2) is 0 Å². The van der Waals surface area contributed by atoms with Gasteiger partial charge in [-0.2, -0.15) is 0 Å². The van der Waals surface area contributed by atoms with Crippen molar-refractivity contribution in [2.45, 2.75) is 13.3 Å². The Morgan fingerprint density at radius 3 is 1.62 bits per heavy atom. The standard InChI is InChI=1S/C54H48N2/c1-5-9-23-49(45-26-19-20-27-45)42-43(21-6-2)40-41-55(50-28-15-11-16-29-50)54(22-7-3)53(8-4)56(51-30-17-12-18-31-51)52-38-36-48(37-39-52)47-34-32-46(33-35-47)44-24-13-10-14-25-44/h5-19,21-42H,1-3,20H2,4H3/b23-9-,41-40-,43-21+,49-42+,53-8+,54-22+. The number of para-hydroxylation sites is 2. The second-order valence-corrected chi connectivity index (χ2v) is 13.0. The van der Waals surface area contributed by atoms with Crippen LogP contribution in [0.1, 0.15) is 13.3 Å². The van der Waals surface area contributed by atoms with Crippen LogP contribution in [0, 0.1) is 0 Å². The highest BCUT2D eigenvalue weighted by Crippen LogP contribution is 2.37. The largest absolute Gasteiger partial charge is 0.315 e. The molecule has 5 aromatic carbocycles. The highest BCUT2D eigenvalue weighted by Gasteiger charge is 2.22. The van der Waals surface area contributed by atoms with Gasteiger partial charge in [-0.15, -0.1) is 0 Å². The third-order valence-corrected chi connectivity index (χ3v) is 9.38. The molecule has 0 fully saturated rings. The summed E-state index contributed by atoms with van der Waals surface area (Å²) in [7, 11) is 0. The molecule has 2 heteroatoms. The highest BCUT2D eigenvalue weighted by molar-refractivity contribution is 5.77. The summed E-state index contributed by atoms with van der Waals surface area (Å²) in [6.07, 6.45) is 29.8. The molecule has 1 aliphatic rings. The van der Waals surface area contributed by atoms with Crippen LogP contribution in [0.4, 0.5) is 17.1 Å². The molecule has 0 saturated heterocycles. The molecule has 6 rings (SSSR count). The fourth-order valence-corrected chi connectivity index (χ4v) is 6.68. The zero-order valence-corrected chi connectivity index (χ0v) is 32.1. The van der Waals surface area contributed by atoms with Crippen molar-refractivity contribution in [3.63, 3.8) is 0 Å². The van der Waals surface area contributed by atoms with E-state index in [4.69, 9.17) is 0 Å². The first-order chi connectivity index (χ1) is 27.6. The van der Waals surface area contributed by atoms with Crippen molar-refractivity contribution < 1.29 is 0 Å². The molecule has 0 heterocycles. The van der Waals surface area contributed by atoms with Crippen LogP contribution in [0.5, 0.6) is 0 Å². The Morgan fingerprint density at radius 1 is 0.554 bits per heavy atom. The molecule has 56 heavy (non-hydrogen) atoms. The molecule has 0 spiro atoms. The van der Waals surface area contributed by atoms with Gasteiger partial charge in [-0.3, -0.25) is 0 Å². The maximum absolute atomic E-state index is 4.17. The van der Waals surface area contributed by atoms with Crippen LogP contribution in [-0.2, 0) is 0 Å². The van der Waals surface area contributed by atoms with Crippen molar-refractivity contribution >= 4 is 17.1 Å². The maximum atomic E-state index is 4.17. The van der Waals surface area contributed by atoms with Gasteiger partial charge >= 0.3 is 0 Å². The van der Waals surface area contributed by atoms with Gasteiger partial charge in [0, 0.05) is 23.3 Å². The first-order valence-corrected chi connectivity index (χ1v) is 19.0. The van der Waals surface area contributed by atoms with Crippen LogP contribution >= 0.6 is 0 Å². The number of nitrogens with zero attached hydrogens (tertiary/aromatic N) is 2. The lowest BCUT2D eigenvalue weighted by Crippen LogP contribution is -2.26. The lowest BCUT2D eigenvalue weighted by atomic mass is 10.00. The second-order valence-electron chi connectivity index (χ2n) is 13.0. The van der Waals surface area contributed by atoms with E-state index in [0.717, 1.165) is 51.6 Å². The van der Waals surface area contributed by atoms with E-state index >= 15 is 0 Å². The van der Waals surface area contributed by atoms with Gasteiger partial charge in [-0.1, -0.05) is 184 Å². The zero-order valence-electron chi connectivity index (χ0n) is 32.1. The molecular weight excluding hydrogens is 677 g/mol. The van der Waals surface area contributed by atoms with Crippen LogP contribution in [-0.4, -0.2) is 0 Å². The Bertz CT molecular complexity index is 2340. The summed E-state index contributed by atoms with van der Waals surface area (Å²) < 4.78 is 0. The van der Waals surface area contributed by atoms with Crippen molar-refractivity contribution in [2.75, 3.05) is 9.80 Å². The van der Waals surface area contributed by atoms with Gasteiger partial charge in [0.1, 0.15) is 0 Å². The Hall–Kier alpha value is -7.16. The van der Waals surface area contributed by atoms with E-state index in [1.807, 2.05) is 36.4 Å². The van der Waals surface area contributed by atoms with E-state index in [-0.39, 0.29) is 0 Å². The maximum Gasteiger partial charge on any atom is 0.0693 e. The Kier molecular flexibility index (Phi) is 13.6. The van der Waals surface area contributed by atoms with Crippen molar-refractivity contribution in [2.24, 2.45) is 0 Å². The van der Waals surface area contributed by atoms with Gasteiger partial charge in [0.2, 0.25) is 0 Å². The van der Waals surface area contributed by atoms with Crippen molar-refractivity contribution in [1.82, 2.24) is 0 Å². The Labute approximate surface area is 333 Å². The topological polar surface area (TPSA) is 6.48 Å². The summed E-state index contributed by atoms with van der Waals surface area (Å²) in [5, 5.41) is 0. The summed E-state index contributed by atoms with van der Waals surface area (Å²) in [6, 6.07) is 49.0. The summed E-state index contributed by atoms with van der Waals surface area (Å²) in [4.78, 5) is 4.52. The second kappa shape index (κ2) is 19.8. The van der Waals surface area contributed by atoms with Crippen LogP contribution < -0.4 is 9.80 Å². The normalized spacial score (nSPS) is 13.6. The highest BCUT2D eigenvalue weighted by atomic mass is 15.2. The van der Waals surface area contributed by atoms with Crippen LogP contribution in [0.15, 0.2) is 273 Å².